The molecule has 0 aliphatic heterocycles. The Morgan fingerprint density at radius 3 is 2.55 bits per heavy atom. The van der Waals surface area contributed by atoms with E-state index in [0.29, 0.717) is 42.4 Å². The Balaban J connectivity index is 1.33. The second-order valence-corrected chi connectivity index (χ2v) is 14.1. The second-order valence-electron chi connectivity index (χ2n) is 14.1. The number of carbonyl (C=O) groups is 2. The van der Waals surface area contributed by atoms with Gasteiger partial charge in [-0.25, -0.2) is 0 Å². The number of hydrogen-bond acceptors (Lipinski definition) is 6. The Morgan fingerprint density at radius 2 is 1.84 bits per heavy atom. The van der Waals surface area contributed by atoms with Gasteiger partial charge < -0.3 is 32.9 Å². The van der Waals surface area contributed by atoms with Gasteiger partial charge in [0.15, 0.2) is 0 Å². The number of aliphatic hydroxyl groups excluding tert-OH is 1. The van der Waals surface area contributed by atoms with Gasteiger partial charge in [0.1, 0.15) is 6.04 Å². The molecule has 2 amide bonds. The molecule has 0 aromatic carbocycles. The summed E-state index contributed by atoms with van der Waals surface area (Å²) in [6.45, 7) is 6.62. The SMILES string of the molecule is CC(N)(N)CCC(NC(=O)CCCC1CCC2C3CCC4CCCCC4(C)C3CC(O)C12C)C(=O)NCN. The molecule has 0 aromatic rings. The summed E-state index contributed by atoms with van der Waals surface area (Å²) < 4.78 is 0. The summed E-state index contributed by atoms with van der Waals surface area (Å²) in [6, 6.07) is -0.695. The van der Waals surface area contributed by atoms with E-state index in [1.54, 1.807) is 6.92 Å². The van der Waals surface area contributed by atoms with Crippen LogP contribution in [0.4, 0.5) is 0 Å². The van der Waals surface area contributed by atoms with Crippen LogP contribution in [0.2, 0.25) is 0 Å². The molecule has 4 aliphatic carbocycles. The quantitative estimate of drug-likeness (QED) is 0.237. The Bertz CT molecular complexity index is 846. The fourth-order valence-corrected chi connectivity index (χ4v) is 9.58. The van der Waals surface area contributed by atoms with Gasteiger partial charge in [-0.15, -0.1) is 0 Å². The maximum absolute atomic E-state index is 12.8. The van der Waals surface area contributed by atoms with Crippen molar-refractivity contribution in [3.8, 4) is 0 Å². The van der Waals surface area contributed by atoms with Crippen molar-refractivity contribution in [2.75, 3.05) is 6.67 Å². The van der Waals surface area contributed by atoms with E-state index in [9.17, 15) is 14.7 Å². The lowest BCUT2D eigenvalue weighted by atomic mass is 9.44. The Morgan fingerprint density at radius 1 is 1.08 bits per heavy atom. The topological polar surface area (TPSA) is 156 Å². The maximum atomic E-state index is 12.8. The van der Waals surface area contributed by atoms with Crippen LogP contribution >= 0.6 is 0 Å². The summed E-state index contributed by atoms with van der Waals surface area (Å²) in [5, 5.41) is 17.1. The van der Waals surface area contributed by atoms with E-state index < -0.39 is 11.7 Å². The Labute approximate surface area is 230 Å². The molecule has 38 heavy (non-hydrogen) atoms. The van der Waals surface area contributed by atoms with Gasteiger partial charge in [-0.3, -0.25) is 9.59 Å². The number of carbonyl (C=O) groups excluding carboxylic acids is 2. The summed E-state index contributed by atoms with van der Waals surface area (Å²) in [5.41, 5.74) is 16.7. The van der Waals surface area contributed by atoms with Gasteiger partial charge in [-0.1, -0.05) is 26.7 Å². The standard InChI is InChI=1S/C30H55N5O3/c1-28-15-5-4-7-19(28)10-12-21-22-13-11-20(30(22,3)25(36)17-23(21)28)8-6-9-26(37)35-24(27(38)34-18-31)14-16-29(2,32)33/h19-25,36H,4-18,31-33H2,1-3H3,(H,34,38)(H,35,37). The summed E-state index contributed by atoms with van der Waals surface area (Å²) in [4.78, 5) is 25.2. The van der Waals surface area contributed by atoms with E-state index in [4.69, 9.17) is 17.2 Å². The first-order chi connectivity index (χ1) is 17.9. The number of amides is 2. The molecule has 0 radical (unpaired) electrons. The molecule has 0 bridgehead atoms. The highest BCUT2D eigenvalue weighted by molar-refractivity contribution is 5.87. The minimum atomic E-state index is -0.909. The number of nitrogens with one attached hydrogen (secondary N) is 2. The van der Waals surface area contributed by atoms with Gasteiger partial charge in [0, 0.05) is 6.42 Å². The van der Waals surface area contributed by atoms with Crippen molar-refractivity contribution in [1.82, 2.24) is 10.6 Å². The number of nitrogens with two attached hydrogens (primary N) is 3. The average molecular weight is 534 g/mol. The minimum absolute atomic E-state index is 0.0130. The Kier molecular flexibility index (Phi) is 9.17. The molecule has 0 aromatic heterocycles. The summed E-state index contributed by atoms with van der Waals surface area (Å²) in [7, 11) is 0. The molecule has 4 aliphatic rings. The second kappa shape index (κ2) is 11.7. The summed E-state index contributed by atoms with van der Waals surface area (Å²) in [5.74, 6) is 2.86. The van der Waals surface area contributed by atoms with E-state index in [-0.39, 0.29) is 30.0 Å². The molecule has 9 N–H and O–H groups in total. The van der Waals surface area contributed by atoms with Crippen molar-refractivity contribution >= 4 is 11.8 Å². The average Bonchev–Trinajstić information content (AvgIpc) is 3.19. The molecule has 4 rings (SSSR count). The molecule has 8 heteroatoms. The molecule has 4 saturated carbocycles. The molecule has 0 saturated heterocycles. The van der Waals surface area contributed by atoms with Crippen molar-refractivity contribution in [2.45, 2.75) is 128 Å². The van der Waals surface area contributed by atoms with Crippen molar-refractivity contribution in [3.05, 3.63) is 0 Å². The first kappa shape index (κ1) is 29.8. The van der Waals surface area contributed by atoms with Crippen molar-refractivity contribution in [2.24, 2.45) is 57.6 Å². The molecular weight excluding hydrogens is 478 g/mol. The van der Waals surface area contributed by atoms with E-state index >= 15 is 0 Å². The molecule has 0 heterocycles. The van der Waals surface area contributed by atoms with E-state index in [0.717, 1.165) is 37.5 Å². The molecule has 4 fully saturated rings. The monoisotopic (exact) mass is 533 g/mol. The van der Waals surface area contributed by atoms with Crippen LogP contribution in [-0.2, 0) is 9.59 Å². The van der Waals surface area contributed by atoms with Gasteiger partial charge in [0.2, 0.25) is 11.8 Å². The van der Waals surface area contributed by atoms with Crippen LogP contribution in [-0.4, -0.2) is 41.4 Å². The van der Waals surface area contributed by atoms with Crippen molar-refractivity contribution in [3.63, 3.8) is 0 Å². The first-order valence-electron chi connectivity index (χ1n) is 15.4. The normalized spacial score (nSPS) is 39.4. The van der Waals surface area contributed by atoms with Crippen LogP contribution in [0.15, 0.2) is 0 Å². The zero-order chi connectivity index (χ0) is 27.7. The van der Waals surface area contributed by atoms with Crippen LogP contribution in [0.25, 0.3) is 0 Å². The van der Waals surface area contributed by atoms with Crippen molar-refractivity contribution in [1.29, 1.82) is 0 Å². The van der Waals surface area contributed by atoms with Gasteiger partial charge in [0.05, 0.1) is 18.4 Å². The van der Waals surface area contributed by atoms with Crippen molar-refractivity contribution < 1.29 is 14.7 Å². The lowest BCUT2D eigenvalue weighted by molar-refractivity contribution is -0.164. The maximum Gasteiger partial charge on any atom is 0.243 e. The molecular formula is C30H55N5O3. The number of aliphatic hydroxyl groups is 1. The smallest absolute Gasteiger partial charge is 0.243 e. The highest BCUT2D eigenvalue weighted by Gasteiger charge is 2.62. The third-order valence-electron chi connectivity index (χ3n) is 11.7. The zero-order valence-electron chi connectivity index (χ0n) is 24.1. The van der Waals surface area contributed by atoms with Gasteiger partial charge in [0.25, 0.3) is 0 Å². The minimum Gasteiger partial charge on any atom is -0.393 e. The molecule has 218 valence electrons. The molecule has 9 atom stereocenters. The van der Waals surface area contributed by atoms with E-state index in [1.807, 2.05) is 0 Å². The predicted octanol–water partition coefficient (Wildman–Crippen LogP) is 3.11. The van der Waals surface area contributed by atoms with E-state index in [1.165, 1.54) is 44.9 Å². The number of fused-ring (bicyclic) bond motifs is 5. The molecule has 8 nitrogen and oxygen atoms in total. The lowest BCUT2D eigenvalue weighted by Gasteiger charge is -2.62. The van der Waals surface area contributed by atoms with Gasteiger partial charge in [-0.05, 0) is 118 Å². The first-order valence-corrected chi connectivity index (χ1v) is 15.4. The molecule has 9 unspecified atom stereocenters. The lowest BCUT2D eigenvalue weighted by Crippen LogP contribution is -2.57. The fraction of sp³-hybridized carbons (Fsp3) is 0.933. The Hall–Kier alpha value is -1.22. The zero-order valence-corrected chi connectivity index (χ0v) is 24.1. The molecule has 0 spiro atoms. The number of rotatable bonds is 10. The largest absolute Gasteiger partial charge is 0.393 e. The summed E-state index contributed by atoms with van der Waals surface area (Å²) >= 11 is 0. The third kappa shape index (κ3) is 5.93. The predicted molar refractivity (Wildman–Crippen MR) is 150 cm³/mol. The number of hydrogen-bond donors (Lipinski definition) is 6. The van der Waals surface area contributed by atoms with Crippen LogP contribution in [0.3, 0.4) is 0 Å². The van der Waals surface area contributed by atoms with Crippen LogP contribution < -0.4 is 27.8 Å². The van der Waals surface area contributed by atoms with Crippen LogP contribution in [0, 0.1) is 40.4 Å². The van der Waals surface area contributed by atoms with Gasteiger partial charge >= 0.3 is 0 Å². The van der Waals surface area contributed by atoms with Crippen LogP contribution in [0.5, 0.6) is 0 Å². The van der Waals surface area contributed by atoms with E-state index in [2.05, 4.69) is 24.5 Å². The third-order valence-corrected chi connectivity index (χ3v) is 11.7. The highest BCUT2D eigenvalue weighted by Crippen LogP contribution is 2.67. The van der Waals surface area contributed by atoms with Gasteiger partial charge in [-0.2, -0.15) is 0 Å². The fourth-order valence-electron chi connectivity index (χ4n) is 9.58. The van der Waals surface area contributed by atoms with Crippen LogP contribution in [0.1, 0.15) is 111 Å². The highest BCUT2D eigenvalue weighted by atomic mass is 16.3. The summed E-state index contributed by atoms with van der Waals surface area (Å²) in [6.07, 6.45) is 14.1.